The molecule has 0 aliphatic rings. The quantitative estimate of drug-likeness (QED) is 0.832. The number of anilines is 2. The van der Waals surface area contributed by atoms with Gasteiger partial charge in [0, 0.05) is 4.88 Å². The van der Waals surface area contributed by atoms with Crippen LogP contribution in [0.1, 0.15) is 4.88 Å². The normalized spacial score (nSPS) is 10.3. The van der Waals surface area contributed by atoms with Gasteiger partial charge in [-0.1, -0.05) is 11.6 Å². The molecule has 2 aromatic heterocycles. The summed E-state index contributed by atoms with van der Waals surface area (Å²) in [5.41, 5.74) is 0.983. The minimum Gasteiger partial charge on any atom is -0.338 e. The molecule has 0 atom stereocenters. The van der Waals surface area contributed by atoms with Gasteiger partial charge in [-0.2, -0.15) is 4.98 Å². The van der Waals surface area contributed by atoms with E-state index in [0.717, 1.165) is 5.69 Å². The van der Waals surface area contributed by atoms with Crippen molar-refractivity contribution in [3.05, 3.63) is 32.8 Å². The SMILES string of the molecule is Cc1sccc1Nc1nc(Cl)ncc1Cl. The topological polar surface area (TPSA) is 37.8 Å². The molecule has 1 N–H and O–H groups in total. The van der Waals surface area contributed by atoms with Gasteiger partial charge in [0.15, 0.2) is 5.82 Å². The number of thiophene rings is 1. The maximum atomic E-state index is 5.92. The van der Waals surface area contributed by atoms with Crippen LogP contribution in [-0.2, 0) is 0 Å². The average molecular weight is 260 g/mol. The summed E-state index contributed by atoms with van der Waals surface area (Å²) in [4.78, 5) is 8.95. The van der Waals surface area contributed by atoms with Crippen LogP contribution in [-0.4, -0.2) is 9.97 Å². The molecular formula is C9H7Cl2N3S. The van der Waals surface area contributed by atoms with Crippen molar-refractivity contribution in [1.82, 2.24) is 9.97 Å². The molecule has 0 unspecified atom stereocenters. The molecule has 15 heavy (non-hydrogen) atoms. The van der Waals surface area contributed by atoms with Gasteiger partial charge in [0.05, 0.1) is 11.9 Å². The lowest BCUT2D eigenvalue weighted by atomic mass is 10.4. The predicted octanol–water partition coefficient (Wildman–Crippen LogP) is 3.90. The molecule has 0 aliphatic heterocycles. The van der Waals surface area contributed by atoms with E-state index in [1.807, 2.05) is 18.4 Å². The van der Waals surface area contributed by atoms with Gasteiger partial charge in [-0.15, -0.1) is 11.3 Å². The van der Waals surface area contributed by atoms with Crippen molar-refractivity contribution in [2.45, 2.75) is 6.92 Å². The first-order valence-electron chi connectivity index (χ1n) is 4.16. The monoisotopic (exact) mass is 259 g/mol. The second-order valence-corrected chi connectivity index (χ2v) is 4.72. The summed E-state index contributed by atoms with van der Waals surface area (Å²) < 4.78 is 0. The van der Waals surface area contributed by atoms with Crippen LogP contribution in [0.3, 0.4) is 0 Å². The number of rotatable bonds is 2. The Morgan fingerprint density at radius 3 is 2.87 bits per heavy atom. The van der Waals surface area contributed by atoms with Gasteiger partial charge in [0.2, 0.25) is 5.28 Å². The fourth-order valence-electron chi connectivity index (χ4n) is 1.08. The summed E-state index contributed by atoms with van der Waals surface area (Å²) in [6, 6.07) is 1.96. The van der Waals surface area contributed by atoms with Gasteiger partial charge in [0.1, 0.15) is 5.02 Å². The number of nitrogens with one attached hydrogen (secondary N) is 1. The van der Waals surface area contributed by atoms with Gasteiger partial charge in [-0.3, -0.25) is 0 Å². The summed E-state index contributed by atoms with van der Waals surface area (Å²) in [5.74, 6) is 0.526. The molecule has 0 radical (unpaired) electrons. The second kappa shape index (κ2) is 4.35. The largest absolute Gasteiger partial charge is 0.338 e. The van der Waals surface area contributed by atoms with Gasteiger partial charge in [-0.25, -0.2) is 4.98 Å². The van der Waals surface area contributed by atoms with Crippen molar-refractivity contribution in [3.63, 3.8) is 0 Å². The van der Waals surface area contributed by atoms with Crippen LogP contribution in [0, 0.1) is 6.92 Å². The molecular weight excluding hydrogens is 253 g/mol. The third-order valence-corrected chi connectivity index (χ3v) is 3.13. The zero-order valence-electron chi connectivity index (χ0n) is 7.79. The number of hydrogen-bond acceptors (Lipinski definition) is 4. The van der Waals surface area contributed by atoms with Gasteiger partial charge in [0.25, 0.3) is 0 Å². The van der Waals surface area contributed by atoms with Crippen molar-refractivity contribution in [2.75, 3.05) is 5.32 Å². The number of halogens is 2. The van der Waals surface area contributed by atoms with Crippen LogP contribution in [0.2, 0.25) is 10.3 Å². The van der Waals surface area contributed by atoms with Crippen molar-refractivity contribution < 1.29 is 0 Å². The molecule has 0 aromatic carbocycles. The standard InChI is InChI=1S/C9H7Cl2N3S/c1-5-7(2-3-15-5)13-8-6(10)4-12-9(11)14-8/h2-4H,1H3,(H,12,13,14). The van der Waals surface area contributed by atoms with Crippen LogP contribution >= 0.6 is 34.5 Å². The molecule has 0 spiro atoms. The summed E-state index contributed by atoms with van der Waals surface area (Å²) in [6.45, 7) is 2.02. The van der Waals surface area contributed by atoms with Crippen molar-refractivity contribution >= 4 is 46.0 Å². The van der Waals surface area contributed by atoms with Crippen LogP contribution in [0.5, 0.6) is 0 Å². The zero-order chi connectivity index (χ0) is 10.8. The Morgan fingerprint density at radius 2 is 2.20 bits per heavy atom. The molecule has 6 heteroatoms. The van der Waals surface area contributed by atoms with Crippen LogP contribution in [0.25, 0.3) is 0 Å². The number of hydrogen-bond donors (Lipinski definition) is 1. The number of nitrogens with zero attached hydrogens (tertiary/aromatic N) is 2. The summed E-state index contributed by atoms with van der Waals surface area (Å²) in [5, 5.41) is 5.72. The Morgan fingerprint density at radius 1 is 1.40 bits per heavy atom. The minimum absolute atomic E-state index is 0.176. The van der Waals surface area contributed by atoms with E-state index in [9.17, 15) is 0 Å². The molecule has 2 rings (SSSR count). The molecule has 2 heterocycles. The van der Waals surface area contributed by atoms with E-state index >= 15 is 0 Å². The summed E-state index contributed by atoms with van der Waals surface area (Å²) >= 11 is 13.3. The Labute approximate surface area is 101 Å². The summed E-state index contributed by atoms with van der Waals surface area (Å²) in [7, 11) is 0. The molecule has 0 fully saturated rings. The van der Waals surface area contributed by atoms with Gasteiger partial charge < -0.3 is 5.32 Å². The highest BCUT2D eigenvalue weighted by Gasteiger charge is 2.06. The number of aryl methyl sites for hydroxylation is 1. The van der Waals surface area contributed by atoms with Crippen molar-refractivity contribution in [2.24, 2.45) is 0 Å². The van der Waals surface area contributed by atoms with Gasteiger partial charge in [-0.05, 0) is 30.0 Å². The summed E-state index contributed by atoms with van der Waals surface area (Å²) in [6.07, 6.45) is 1.47. The second-order valence-electron chi connectivity index (χ2n) is 2.85. The molecule has 0 saturated heterocycles. The first-order valence-corrected chi connectivity index (χ1v) is 5.79. The smallest absolute Gasteiger partial charge is 0.224 e. The predicted molar refractivity (Wildman–Crippen MR) is 64.4 cm³/mol. The van der Waals surface area contributed by atoms with Crippen LogP contribution in [0.4, 0.5) is 11.5 Å². The molecule has 3 nitrogen and oxygen atoms in total. The lowest BCUT2D eigenvalue weighted by molar-refractivity contribution is 1.17. The van der Waals surface area contributed by atoms with E-state index in [2.05, 4.69) is 15.3 Å². The Balaban J connectivity index is 2.32. The molecule has 0 bridgehead atoms. The van der Waals surface area contributed by atoms with E-state index < -0.39 is 0 Å². The number of aromatic nitrogens is 2. The van der Waals surface area contributed by atoms with Crippen molar-refractivity contribution in [1.29, 1.82) is 0 Å². The van der Waals surface area contributed by atoms with Crippen molar-refractivity contribution in [3.8, 4) is 0 Å². The Kier molecular flexibility index (Phi) is 3.09. The molecule has 0 amide bonds. The highest BCUT2D eigenvalue weighted by molar-refractivity contribution is 7.10. The lowest BCUT2D eigenvalue weighted by Crippen LogP contribution is -1.95. The molecule has 0 saturated carbocycles. The molecule has 0 aliphatic carbocycles. The van der Waals surface area contributed by atoms with Crippen LogP contribution in [0.15, 0.2) is 17.6 Å². The maximum Gasteiger partial charge on any atom is 0.224 e. The first-order chi connectivity index (χ1) is 7.16. The van der Waals surface area contributed by atoms with Crippen LogP contribution < -0.4 is 5.32 Å². The van der Waals surface area contributed by atoms with Gasteiger partial charge >= 0.3 is 0 Å². The zero-order valence-corrected chi connectivity index (χ0v) is 10.1. The fraction of sp³-hybridized carbons (Fsp3) is 0.111. The van der Waals surface area contributed by atoms with E-state index in [-0.39, 0.29) is 5.28 Å². The first kappa shape index (κ1) is 10.7. The van der Waals surface area contributed by atoms with E-state index in [1.54, 1.807) is 11.3 Å². The third kappa shape index (κ3) is 2.40. The van der Waals surface area contributed by atoms with E-state index in [4.69, 9.17) is 23.2 Å². The highest BCUT2D eigenvalue weighted by atomic mass is 35.5. The van der Waals surface area contributed by atoms with E-state index in [1.165, 1.54) is 11.1 Å². The molecule has 2 aromatic rings. The Bertz CT molecular complexity index is 484. The molecule has 78 valence electrons. The highest BCUT2D eigenvalue weighted by Crippen LogP contribution is 2.27. The lowest BCUT2D eigenvalue weighted by Gasteiger charge is -2.06. The maximum absolute atomic E-state index is 5.92. The average Bonchev–Trinajstić information content (AvgIpc) is 2.58. The van der Waals surface area contributed by atoms with E-state index in [0.29, 0.717) is 10.8 Å². The fourth-order valence-corrected chi connectivity index (χ4v) is 2.00. The minimum atomic E-state index is 0.176. The third-order valence-electron chi connectivity index (χ3n) is 1.83. The Hall–Kier alpha value is -0.840.